The smallest absolute Gasteiger partial charge is 0.322 e. The normalized spacial score (nSPS) is 14.7. The third kappa shape index (κ3) is 3.57. The molecule has 0 saturated carbocycles. The van der Waals surface area contributed by atoms with Gasteiger partial charge in [0.2, 0.25) is 0 Å². The van der Waals surface area contributed by atoms with E-state index >= 15 is 0 Å². The van der Waals surface area contributed by atoms with E-state index in [2.05, 4.69) is 9.88 Å². The van der Waals surface area contributed by atoms with Gasteiger partial charge in [-0.25, -0.2) is 4.98 Å². The minimum absolute atomic E-state index is 0.334. The Morgan fingerprint density at radius 2 is 1.71 bits per heavy atom. The van der Waals surface area contributed by atoms with E-state index < -0.39 is 17.2 Å². The fourth-order valence-corrected chi connectivity index (χ4v) is 3.91. The lowest BCUT2D eigenvalue weighted by Crippen LogP contribution is -2.54. The molecule has 7 heteroatoms. The highest BCUT2D eigenvalue weighted by Crippen LogP contribution is 2.40. The summed E-state index contributed by atoms with van der Waals surface area (Å²) in [7, 11) is 0. The average Bonchev–Trinajstić information content (AvgIpc) is 2.94. The van der Waals surface area contributed by atoms with E-state index in [4.69, 9.17) is 5.73 Å². The summed E-state index contributed by atoms with van der Waals surface area (Å²) < 4.78 is 38.1. The molecule has 0 saturated heterocycles. The maximum absolute atomic E-state index is 12.7. The lowest BCUT2D eigenvalue weighted by atomic mass is 9.82. The lowest BCUT2D eigenvalue weighted by molar-refractivity contribution is -0.137. The summed E-state index contributed by atoms with van der Waals surface area (Å²) in [6.07, 6.45) is -1.56. The number of rotatable bonds is 7. The molecule has 1 atom stereocenters. The fourth-order valence-electron chi connectivity index (χ4n) is 3.01. The highest BCUT2D eigenvalue weighted by atomic mass is 32.1. The Morgan fingerprint density at radius 1 is 1.19 bits per heavy atom. The van der Waals surface area contributed by atoms with Crippen molar-refractivity contribution < 1.29 is 13.2 Å². The van der Waals surface area contributed by atoms with Gasteiger partial charge in [-0.05, 0) is 25.9 Å². The Labute approximate surface area is 128 Å². The number of hydrogen-bond donors (Lipinski definition) is 1. The third-order valence-electron chi connectivity index (χ3n) is 4.27. The maximum atomic E-state index is 12.7. The van der Waals surface area contributed by atoms with Crippen LogP contribution in [0.25, 0.3) is 0 Å². The number of nitrogens with zero attached hydrogens (tertiary/aromatic N) is 2. The second-order valence-corrected chi connectivity index (χ2v) is 6.09. The molecule has 0 radical (unpaired) electrons. The molecule has 0 amide bonds. The molecule has 2 N–H and O–H groups in total. The molecular formula is C14H24F3N3S. The van der Waals surface area contributed by atoms with Crippen LogP contribution >= 0.6 is 11.3 Å². The van der Waals surface area contributed by atoms with E-state index in [1.54, 1.807) is 0 Å². The largest absolute Gasteiger partial charge is 0.443 e. The maximum Gasteiger partial charge on any atom is 0.443 e. The molecule has 21 heavy (non-hydrogen) atoms. The van der Waals surface area contributed by atoms with Crippen molar-refractivity contribution in [3.63, 3.8) is 0 Å². The number of aromatic nitrogens is 1. The van der Waals surface area contributed by atoms with Crippen LogP contribution in [0.15, 0.2) is 6.20 Å². The first-order valence-electron chi connectivity index (χ1n) is 7.30. The zero-order chi connectivity index (χ0) is 16.3. The highest BCUT2D eigenvalue weighted by Gasteiger charge is 2.41. The number of hydrogen-bond acceptors (Lipinski definition) is 4. The Morgan fingerprint density at radius 3 is 2.05 bits per heavy atom. The minimum atomic E-state index is -4.40. The molecule has 122 valence electrons. The van der Waals surface area contributed by atoms with Gasteiger partial charge in [0.15, 0.2) is 5.01 Å². The predicted octanol–water partition coefficient (Wildman–Crippen LogP) is 4.06. The second kappa shape index (κ2) is 7.07. The summed E-state index contributed by atoms with van der Waals surface area (Å²) in [6.45, 7) is 9.79. The van der Waals surface area contributed by atoms with Crippen molar-refractivity contribution in [3.05, 3.63) is 16.1 Å². The van der Waals surface area contributed by atoms with Gasteiger partial charge in [-0.2, -0.15) is 13.2 Å². The third-order valence-corrected chi connectivity index (χ3v) is 5.39. The van der Waals surface area contributed by atoms with E-state index in [1.807, 2.05) is 27.7 Å². The molecule has 1 rings (SSSR count). The van der Waals surface area contributed by atoms with Crippen molar-refractivity contribution in [2.75, 3.05) is 13.1 Å². The molecule has 1 heterocycles. The highest BCUT2D eigenvalue weighted by molar-refractivity contribution is 7.11. The molecule has 3 nitrogen and oxygen atoms in total. The van der Waals surface area contributed by atoms with Gasteiger partial charge < -0.3 is 5.73 Å². The quantitative estimate of drug-likeness (QED) is 0.823. The standard InChI is InChI=1S/C14H24F3N3S/c1-5-13(6-2,20(7-3)8-4)11(18)10-9-19-12(21-10)14(15,16)17/h9,11H,5-8,18H2,1-4H3. The van der Waals surface area contributed by atoms with Gasteiger partial charge in [0.1, 0.15) is 0 Å². The topological polar surface area (TPSA) is 42.1 Å². The number of halogens is 3. The van der Waals surface area contributed by atoms with Gasteiger partial charge in [0.25, 0.3) is 0 Å². The van der Waals surface area contributed by atoms with Crippen molar-refractivity contribution in [1.29, 1.82) is 0 Å². The zero-order valence-electron chi connectivity index (χ0n) is 13.0. The van der Waals surface area contributed by atoms with E-state index in [0.717, 1.165) is 25.9 Å². The van der Waals surface area contributed by atoms with Crippen molar-refractivity contribution in [1.82, 2.24) is 9.88 Å². The zero-order valence-corrected chi connectivity index (χ0v) is 13.8. The minimum Gasteiger partial charge on any atom is -0.322 e. The van der Waals surface area contributed by atoms with Gasteiger partial charge in [-0.3, -0.25) is 4.90 Å². The summed E-state index contributed by atoms with van der Waals surface area (Å²) in [5, 5.41) is -0.825. The fraction of sp³-hybridized carbons (Fsp3) is 0.786. The van der Waals surface area contributed by atoms with Gasteiger partial charge >= 0.3 is 6.18 Å². The van der Waals surface area contributed by atoms with Crippen LogP contribution in [0.2, 0.25) is 0 Å². The molecule has 1 aromatic rings. The number of alkyl halides is 3. The van der Waals surface area contributed by atoms with Crippen LogP contribution in [0, 0.1) is 0 Å². The second-order valence-electron chi connectivity index (χ2n) is 5.03. The molecule has 0 aromatic carbocycles. The molecule has 1 aromatic heterocycles. The van der Waals surface area contributed by atoms with Crippen LogP contribution in [-0.2, 0) is 6.18 Å². The van der Waals surface area contributed by atoms with Crippen LogP contribution in [-0.4, -0.2) is 28.5 Å². The molecule has 0 aliphatic heterocycles. The molecular weight excluding hydrogens is 299 g/mol. The van der Waals surface area contributed by atoms with Crippen molar-refractivity contribution in [2.24, 2.45) is 5.73 Å². The van der Waals surface area contributed by atoms with Gasteiger partial charge in [0, 0.05) is 16.6 Å². The van der Waals surface area contributed by atoms with Crippen LogP contribution in [0.1, 0.15) is 56.5 Å². The van der Waals surface area contributed by atoms with Crippen LogP contribution in [0.5, 0.6) is 0 Å². The van der Waals surface area contributed by atoms with Gasteiger partial charge in [-0.15, -0.1) is 11.3 Å². The van der Waals surface area contributed by atoms with Gasteiger partial charge in [-0.1, -0.05) is 27.7 Å². The Balaban J connectivity index is 3.17. The van der Waals surface area contributed by atoms with E-state index in [1.165, 1.54) is 6.20 Å². The monoisotopic (exact) mass is 323 g/mol. The van der Waals surface area contributed by atoms with Crippen LogP contribution in [0.4, 0.5) is 13.2 Å². The first-order chi connectivity index (χ1) is 9.76. The van der Waals surface area contributed by atoms with E-state index in [0.29, 0.717) is 16.2 Å². The van der Waals surface area contributed by atoms with Crippen molar-refractivity contribution >= 4 is 11.3 Å². The molecule has 0 bridgehead atoms. The Bertz CT molecular complexity index is 437. The summed E-state index contributed by atoms with van der Waals surface area (Å²) >= 11 is 0.656. The SMILES string of the molecule is CCN(CC)C(CC)(CC)C(N)c1cnc(C(F)(F)F)s1. The van der Waals surface area contributed by atoms with E-state index in [-0.39, 0.29) is 5.54 Å². The first-order valence-corrected chi connectivity index (χ1v) is 8.11. The Hall–Kier alpha value is -0.660. The molecule has 0 aliphatic carbocycles. The van der Waals surface area contributed by atoms with Crippen molar-refractivity contribution in [2.45, 2.75) is 58.3 Å². The summed E-state index contributed by atoms with van der Waals surface area (Å²) in [5.41, 5.74) is 6.03. The molecule has 1 unspecified atom stereocenters. The summed E-state index contributed by atoms with van der Waals surface area (Å²) in [5.74, 6) is 0. The van der Waals surface area contributed by atoms with Crippen molar-refractivity contribution in [3.8, 4) is 0 Å². The van der Waals surface area contributed by atoms with Crippen LogP contribution in [0.3, 0.4) is 0 Å². The summed E-state index contributed by atoms with van der Waals surface area (Å²) in [4.78, 5) is 6.24. The average molecular weight is 323 g/mol. The molecule has 0 aliphatic rings. The lowest BCUT2D eigenvalue weighted by Gasteiger charge is -2.46. The van der Waals surface area contributed by atoms with Gasteiger partial charge in [0.05, 0.1) is 6.04 Å². The predicted molar refractivity (Wildman–Crippen MR) is 80.3 cm³/mol. The Kier molecular flexibility index (Phi) is 6.19. The number of likely N-dealkylation sites (N-methyl/N-ethyl adjacent to an activating group) is 1. The van der Waals surface area contributed by atoms with Crippen LogP contribution < -0.4 is 5.73 Å². The molecule has 0 spiro atoms. The summed E-state index contributed by atoms with van der Waals surface area (Å²) in [6, 6.07) is -0.471. The number of nitrogens with two attached hydrogens (primary N) is 1. The number of thiazole rings is 1. The molecule has 0 fully saturated rings. The first kappa shape index (κ1) is 18.4. The van der Waals surface area contributed by atoms with E-state index in [9.17, 15) is 13.2 Å².